The van der Waals surface area contributed by atoms with E-state index in [2.05, 4.69) is 5.32 Å². The number of rotatable bonds is 7. The van der Waals surface area contributed by atoms with Crippen LogP contribution in [0.3, 0.4) is 0 Å². The van der Waals surface area contributed by atoms with E-state index in [1.54, 1.807) is 30.3 Å². The van der Waals surface area contributed by atoms with E-state index in [0.717, 1.165) is 6.42 Å². The Labute approximate surface area is 140 Å². The van der Waals surface area contributed by atoms with Crippen molar-refractivity contribution in [2.24, 2.45) is 0 Å². The number of halogens is 1. The third-order valence-corrected chi connectivity index (χ3v) is 3.40. The fraction of sp³-hybridized carbons (Fsp3) is 0.263. The van der Waals surface area contributed by atoms with Crippen LogP contribution >= 0.6 is 0 Å². The first-order chi connectivity index (χ1) is 11.5. The van der Waals surface area contributed by atoms with E-state index in [0.29, 0.717) is 29.2 Å². The van der Waals surface area contributed by atoms with Gasteiger partial charge < -0.3 is 10.1 Å². The first-order valence-electron chi connectivity index (χ1n) is 7.81. The Kier molecular flexibility index (Phi) is 6.07. The number of nitrogens with one attached hydrogen (secondary N) is 1. The summed E-state index contributed by atoms with van der Waals surface area (Å²) in [5.74, 6) is -0.174. The van der Waals surface area contributed by atoms with Crippen LogP contribution in [0.15, 0.2) is 42.5 Å². The summed E-state index contributed by atoms with van der Waals surface area (Å²) in [6, 6.07) is 10.7. The Morgan fingerprint density at radius 1 is 1.12 bits per heavy atom. The van der Waals surface area contributed by atoms with Gasteiger partial charge >= 0.3 is 0 Å². The van der Waals surface area contributed by atoms with Crippen LogP contribution in [0.2, 0.25) is 0 Å². The van der Waals surface area contributed by atoms with Crippen LogP contribution in [0.1, 0.15) is 36.2 Å². The largest absolute Gasteiger partial charge is 0.491 e. The molecule has 0 aliphatic carbocycles. The summed E-state index contributed by atoms with van der Waals surface area (Å²) in [5.41, 5.74) is 1.66. The van der Waals surface area contributed by atoms with Gasteiger partial charge in [-0.25, -0.2) is 4.39 Å². The molecule has 1 N–H and O–H groups in total. The topological polar surface area (TPSA) is 55.4 Å². The number of Topliss-reactive ketones (excluding diaryl/α,β-unsaturated/α-hetero) is 1. The Morgan fingerprint density at radius 2 is 1.83 bits per heavy atom. The van der Waals surface area contributed by atoms with Gasteiger partial charge in [-0.15, -0.1) is 0 Å². The normalized spacial score (nSPS) is 10.3. The number of ketones is 1. The number of amides is 1. The first-order valence-corrected chi connectivity index (χ1v) is 7.81. The lowest BCUT2D eigenvalue weighted by atomic mass is 10.1. The minimum atomic E-state index is -0.344. The van der Waals surface area contributed by atoms with E-state index in [4.69, 9.17) is 4.74 Å². The van der Waals surface area contributed by atoms with Crippen molar-refractivity contribution in [1.29, 1.82) is 0 Å². The Hall–Kier alpha value is -2.69. The van der Waals surface area contributed by atoms with Gasteiger partial charge in [-0.05, 0) is 49.2 Å². The molecule has 0 unspecified atom stereocenters. The molecule has 0 heterocycles. The van der Waals surface area contributed by atoms with Gasteiger partial charge in [-0.3, -0.25) is 9.59 Å². The summed E-state index contributed by atoms with van der Waals surface area (Å²) in [4.78, 5) is 23.8. The molecule has 0 aromatic heterocycles. The molecule has 2 aromatic carbocycles. The quantitative estimate of drug-likeness (QED) is 0.781. The molecule has 0 aliphatic heterocycles. The van der Waals surface area contributed by atoms with E-state index >= 15 is 0 Å². The smallest absolute Gasteiger partial charge is 0.228 e. The summed E-state index contributed by atoms with van der Waals surface area (Å²) >= 11 is 0. The Balaban J connectivity index is 2.15. The van der Waals surface area contributed by atoms with Crippen molar-refractivity contribution in [3.05, 3.63) is 59.4 Å². The number of anilines is 1. The van der Waals surface area contributed by atoms with Gasteiger partial charge in [0.15, 0.2) is 5.78 Å². The van der Waals surface area contributed by atoms with Crippen LogP contribution in [0.5, 0.6) is 5.75 Å². The van der Waals surface area contributed by atoms with Gasteiger partial charge in [0.2, 0.25) is 5.91 Å². The highest BCUT2D eigenvalue weighted by atomic mass is 19.1. The second kappa shape index (κ2) is 8.24. The van der Waals surface area contributed by atoms with E-state index < -0.39 is 0 Å². The molecule has 0 spiro atoms. The van der Waals surface area contributed by atoms with Crippen molar-refractivity contribution in [3.8, 4) is 5.75 Å². The van der Waals surface area contributed by atoms with E-state index in [-0.39, 0.29) is 23.9 Å². The third-order valence-electron chi connectivity index (χ3n) is 3.40. The van der Waals surface area contributed by atoms with Gasteiger partial charge in [0.25, 0.3) is 0 Å². The zero-order valence-corrected chi connectivity index (χ0v) is 13.8. The molecular weight excluding hydrogens is 309 g/mol. The molecule has 0 saturated carbocycles. The number of benzene rings is 2. The van der Waals surface area contributed by atoms with Crippen LogP contribution in [-0.2, 0) is 11.2 Å². The highest BCUT2D eigenvalue weighted by Crippen LogP contribution is 2.26. The summed E-state index contributed by atoms with van der Waals surface area (Å²) in [6.45, 7) is 3.96. The summed E-state index contributed by atoms with van der Waals surface area (Å²) in [6.07, 6.45) is 0.940. The van der Waals surface area contributed by atoms with Crippen LogP contribution in [0, 0.1) is 5.82 Å². The predicted molar refractivity (Wildman–Crippen MR) is 91.0 cm³/mol. The minimum Gasteiger partial charge on any atom is -0.491 e. The number of carbonyl (C=O) groups is 2. The highest BCUT2D eigenvalue weighted by molar-refractivity contribution is 5.98. The van der Waals surface area contributed by atoms with Gasteiger partial charge in [0, 0.05) is 5.56 Å². The monoisotopic (exact) mass is 329 g/mol. The zero-order valence-electron chi connectivity index (χ0n) is 13.8. The molecule has 1 amide bonds. The number of hydrogen-bond donors (Lipinski definition) is 1. The summed E-state index contributed by atoms with van der Waals surface area (Å²) < 4.78 is 18.5. The SMILES string of the molecule is CCCOc1ccc(C(C)=O)cc1NC(=O)Cc1ccc(F)cc1. The number of carbonyl (C=O) groups excluding carboxylic acids is 2. The van der Waals surface area contributed by atoms with Crippen LogP contribution in [0.25, 0.3) is 0 Å². The van der Waals surface area contributed by atoms with Gasteiger partial charge in [-0.2, -0.15) is 0 Å². The second-order valence-electron chi connectivity index (χ2n) is 5.47. The molecule has 5 heteroatoms. The molecule has 0 aliphatic rings. The molecule has 2 aromatic rings. The van der Waals surface area contributed by atoms with Gasteiger partial charge in [-0.1, -0.05) is 19.1 Å². The molecule has 0 atom stereocenters. The fourth-order valence-electron chi connectivity index (χ4n) is 2.17. The standard InChI is InChI=1S/C19H20FNO3/c1-3-10-24-18-9-6-15(13(2)22)12-17(18)21-19(23)11-14-4-7-16(20)8-5-14/h4-9,12H,3,10-11H2,1-2H3,(H,21,23). The average molecular weight is 329 g/mol. The molecule has 126 valence electrons. The summed E-state index contributed by atoms with van der Waals surface area (Å²) in [5, 5.41) is 2.77. The van der Waals surface area contributed by atoms with E-state index in [1.165, 1.54) is 19.1 Å². The van der Waals surface area contributed by atoms with Gasteiger partial charge in [0.05, 0.1) is 18.7 Å². The lowest BCUT2D eigenvalue weighted by Crippen LogP contribution is -2.16. The van der Waals surface area contributed by atoms with Crippen LogP contribution in [-0.4, -0.2) is 18.3 Å². The fourth-order valence-corrected chi connectivity index (χ4v) is 2.17. The maximum atomic E-state index is 12.9. The predicted octanol–water partition coefficient (Wildman–Crippen LogP) is 4.00. The van der Waals surface area contributed by atoms with Crippen molar-refractivity contribution in [2.75, 3.05) is 11.9 Å². The Bertz CT molecular complexity index is 726. The molecule has 4 nitrogen and oxygen atoms in total. The molecule has 0 fully saturated rings. The van der Waals surface area contributed by atoms with E-state index in [1.807, 2.05) is 6.92 Å². The van der Waals surface area contributed by atoms with Crippen molar-refractivity contribution >= 4 is 17.4 Å². The molecular formula is C19H20FNO3. The van der Waals surface area contributed by atoms with Crippen molar-refractivity contribution < 1.29 is 18.7 Å². The molecule has 0 bridgehead atoms. The van der Waals surface area contributed by atoms with Crippen molar-refractivity contribution in [2.45, 2.75) is 26.7 Å². The zero-order chi connectivity index (χ0) is 17.5. The lowest BCUT2D eigenvalue weighted by molar-refractivity contribution is -0.115. The maximum absolute atomic E-state index is 12.9. The molecule has 0 radical (unpaired) electrons. The van der Waals surface area contributed by atoms with Crippen LogP contribution < -0.4 is 10.1 Å². The molecule has 0 saturated heterocycles. The molecule has 24 heavy (non-hydrogen) atoms. The number of ether oxygens (including phenoxy) is 1. The Morgan fingerprint density at radius 3 is 2.46 bits per heavy atom. The first kappa shape index (κ1) is 17.7. The minimum absolute atomic E-state index is 0.0916. The van der Waals surface area contributed by atoms with Crippen molar-refractivity contribution in [3.63, 3.8) is 0 Å². The number of hydrogen-bond acceptors (Lipinski definition) is 3. The molecule has 2 rings (SSSR count). The average Bonchev–Trinajstić information content (AvgIpc) is 2.55. The maximum Gasteiger partial charge on any atom is 0.228 e. The van der Waals surface area contributed by atoms with Crippen LogP contribution in [0.4, 0.5) is 10.1 Å². The third kappa shape index (κ3) is 4.91. The van der Waals surface area contributed by atoms with E-state index in [9.17, 15) is 14.0 Å². The second-order valence-corrected chi connectivity index (χ2v) is 5.47. The highest BCUT2D eigenvalue weighted by Gasteiger charge is 2.12. The van der Waals surface area contributed by atoms with Gasteiger partial charge in [0.1, 0.15) is 11.6 Å². The van der Waals surface area contributed by atoms with Crippen molar-refractivity contribution in [1.82, 2.24) is 0 Å². The lowest BCUT2D eigenvalue weighted by Gasteiger charge is -2.13. The summed E-state index contributed by atoms with van der Waals surface area (Å²) in [7, 11) is 0.